The molecule has 2 atom stereocenters. The highest BCUT2D eigenvalue weighted by atomic mass is 32.1. The van der Waals surface area contributed by atoms with Crippen molar-refractivity contribution in [3.05, 3.63) is 57.4 Å². The Morgan fingerprint density at radius 2 is 1.92 bits per heavy atom. The Labute approximate surface area is 226 Å². The molecule has 0 bridgehead atoms. The summed E-state index contributed by atoms with van der Waals surface area (Å²) in [7, 11) is 1.59. The monoisotopic (exact) mass is 538 g/mol. The van der Waals surface area contributed by atoms with Crippen LogP contribution in [-0.4, -0.2) is 60.0 Å². The maximum atomic E-state index is 13.5. The molecule has 1 aromatic carbocycles. The lowest BCUT2D eigenvalue weighted by molar-refractivity contribution is -0.152. The van der Waals surface area contributed by atoms with Crippen LogP contribution in [0.3, 0.4) is 0 Å². The Bertz CT molecular complexity index is 1310. The third-order valence-corrected chi connectivity index (χ3v) is 8.38. The van der Waals surface area contributed by atoms with Crippen LogP contribution < -0.4 is 15.5 Å². The molecule has 202 valence electrons. The molecule has 10 heteroatoms. The van der Waals surface area contributed by atoms with Gasteiger partial charge in [-0.2, -0.15) is 0 Å². The van der Waals surface area contributed by atoms with Gasteiger partial charge in [0.05, 0.1) is 13.2 Å². The number of carbonyl (C=O) groups excluding carboxylic acids is 3. The molecule has 3 aliphatic rings. The molecule has 1 saturated heterocycles. The van der Waals surface area contributed by atoms with Gasteiger partial charge in [-0.3, -0.25) is 9.59 Å². The summed E-state index contributed by atoms with van der Waals surface area (Å²) < 4.78 is 11.5. The van der Waals surface area contributed by atoms with Gasteiger partial charge >= 0.3 is 5.97 Å². The lowest BCUT2D eigenvalue weighted by atomic mass is 9.73. The number of nitrogens with zero attached hydrogens (tertiary/aromatic N) is 3. The quantitative estimate of drug-likeness (QED) is 0.563. The van der Waals surface area contributed by atoms with E-state index >= 15 is 0 Å². The minimum atomic E-state index is -1.29. The number of carbonyl (C=O) groups is 3. The molecule has 2 amide bonds. The van der Waals surface area contributed by atoms with Gasteiger partial charge < -0.3 is 20.1 Å². The standard InChI is InChI=1S/C28H34N4O5S/c1-17(33)32(30-10-7-11-30)20-15-19-18(14-22(20)36-5)9-12-31-21(25(34)37-27(2,3)4)16-28(24(19)31,26(29)35)23-8-6-13-38-23/h6,8,13-16,24H,7,9-12H2,1-5H3,(H2,29,35). The summed E-state index contributed by atoms with van der Waals surface area (Å²) in [4.78, 5) is 42.4. The van der Waals surface area contributed by atoms with E-state index in [0.717, 1.165) is 35.5 Å². The maximum Gasteiger partial charge on any atom is 0.354 e. The number of hydrogen-bond acceptors (Lipinski definition) is 8. The van der Waals surface area contributed by atoms with E-state index in [-0.39, 0.29) is 5.91 Å². The lowest BCUT2D eigenvalue weighted by Gasteiger charge is -2.44. The number of methoxy groups -OCH3 is 1. The van der Waals surface area contributed by atoms with Crippen molar-refractivity contribution in [3.8, 4) is 5.75 Å². The summed E-state index contributed by atoms with van der Waals surface area (Å²) in [6.07, 6.45) is 3.31. The number of thiophene rings is 1. The van der Waals surface area contributed by atoms with Gasteiger partial charge in [-0.15, -0.1) is 11.3 Å². The zero-order chi connectivity index (χ0) is 27.4. The molecule has 0 spiro atoms. The molecule has 1 aromatic heterocycles. The van der Waals surface area contributed by atoms with E-state index in [1.807, 2.05) is 60.3 Å². The van der Waals surface area contributed by atoms with Crippen LogP contribution in [-0.2, 0) is 31.0 Å². The van der Waals surface area contributed by atoms with E-state index in [9.17, 15) is 14.4 Å². The van der Waals surface area contributed by atoms with Crippen molar-refractivity contribution in [1.29, 1.82) is 0 Å². The summed E-state index contributed by atoms with van der Waals surface area (Å²) in [5.41, 5.74) is 6.96. The van der Waals surface area contributed by atoms with Crippen molar-refractivity contribution >= 4 is 34.8 Å². The van der Waals surface area contributed by atoms with Gasteiger partial charge in [0.2, 0.25) is 11.8 Å². The van der Waals surface area contributed by atoms with Gasteiger partial charge in [-0.1, -0.05) is 6.07 Å². The summed E-state index contributed by atoms with van der Waals surface area (Å²) in [6.45, 7) is 8.99. The Morgan fingerprint density at radius 3 is 2.45 bits per heavy atom. The smallest absolute Gasteiger partial charge is 0.354 e. The number of hydrazine groups is 1. The first-order valence-corrected chi connectivity index (χ1v) is 13.7. The third-order valence-electron chi connectivity index (χ3n) is 7.36. The highest BCUT2D eigenvalue weighted by Crippen LogP contribution is 2.55. The molecule has 1 fully saturated rings. The average Bonchev–Trinajstić information content (AvgIpc) is 3.46. The van der Waals surface area contributed by atoms with Crippen LogP contribution in [0.25, 0.3) is 0 Å². The lowest BCUT2D eigenvalue weighted by Crippen LogP contribution is -2.53. The minimum Gasteiger partial charge on any atom is -0.495 e. The highest BCUT2D eigenvalue weighted by Gasteiger charge is 2.57. The maximum absolute atomic E-state index is 13.5. The number of primary amides is 1. The van der Waals surface area contributed by atoms with Gasteiger partial charge in [0, 0.05) is 31.4 Å². The molecule has 9 nitrogen and oxygen atoms in total. The number of hydrogen-bond donors (Lipinski definition) is 1. The van der Waals surface area contributed by atoms with Gasteiger partial charge in [0.25, 0.3) is 0 Å². The molecule has 2 N–H and O–H groups in total. The highest BCUT2D eigenvalue weighted by molar-refractivity contribution is 7.10. The van der Waals surface area contributed by atoms with Gasteiger partial charge in [-0.25, -0.2) is 14.8 Å². The number of benzene rings is 1. The second-order valence-corrected chi connectivity index (χ2v) is 11.9. The zero-order valence-corrected chi connectivity index (χ0v) is 23.3. The Hall–Kier alpha value is -3.37. The molecular weight excluding hydrogens is 504 g/mol. The van der Waals surface area contributed by atoms with Crippen molar-refractivity contribution in [2.24, 2.45) is 5.73 Å². The van der Waals surface area contributed by atoms with Crippen molar-refractivity contribution in [2.45, 2.75) is 57.6 Å². The first kappa shape index (κ1) is 26.2. The first-order valence-electron chi connectivity index (χ1n) is 12.8. The predicted octanol–water partition coefficient (Wildman–Crippen LogP) is 3.29. The molecule has 0 radical (unpaired) electrons. The summed E-state index contributed by atoms with van der Waals surface area (Å²) >= 11 is 1.42. The SMILES string of the molecule is COc1cc2c(cc1N(C(C)=O)N1CCC1)C1N(CC2)C(C(=O)OC(C)(C)C)=CC1(C(N)=O)c1cccs1. The van der Waals surface area contributed by atoms with Crippen LogP contribution >= 0.6 is 11.3 Å². The van der Waals surface area contributed by atoms with Crippen LogP contribution in [0.1, 0.15) is 56.2 Å². The predicted molar refractivity (Wildman–Crippen MR) is 145 cm³/mol. The Balaban J connectivity index is 1.72. The van der Waals surface area contributed by atoms with Crippen molar-refractivity contribution in [1.82, 2.24) is 9.91 Å². The van der Waals surface area contributed by atoms with Crippen LogP contribution in [0, 0.1) is 0 Å². The minimum absolute atomic E-state index is 0.131. The number of ether oxygens (including phenoxy) is 2. The van der Waals surface area contributed by atoms with Gasteiger partial charge in [0.1, 0.15) is 28.1 Å². The number of fused-ring (bicyclic) bond motifs is 3. The molecule has 4 heterocycles. The number of amides is 2. The number of nitrogens with two attached hydrogens (primary N) is 1. The molecule has 38 heavy (non-hydrogen) atoms. The molecule has 0 saturated carbocycles. The molecule has 2 unspecified atom stereocenters. The van der Waals surface area contributed by atoms with Crippen molar-refractivity contribution < 1.29 is 23.9 Å². The summed E-state index contributed by atoms with van der Waals surface area (Å²) in [6, 6.07) is 7.05. The fraction of sp³-hybridized carbons (Fsp3) is 0.464. The number of anilines is 1. The van der Waals surface area contributed by atoms with Crippen LogP contribution in [0.5, 0.6) is 5.75 Å². The fourth-order valence-electron chi connectivity index (χ4n) is 5.67. The van der Waals surface area contributed by atoms with Crippen LogP contribution in [0.4, 0.5) is 5.69 Å². The van der Waals surface area contributed by atoms with Gasteiger partial charge in [-0.05, 0) is 74.4 Å². The van der Waals surface area contributed by atoms with Crippen molar-refractivity contribution in [3.63, 3.8) is 0 Å². The van der Waals surface area contributed by atoms with E-state index in [2.05, 4.69) is 0 Å². The van der Waals surface area contributed by atoms with E-state index < -0.39 is 28.9 Å². The largest absolute Gasteiger partial charge is 0.495 e. The molecule has 0 aliphatic carbocycles. The Morgan fingerprint density at radius 1 is 1.18 bits per heavy atom. The average molecular weight is 539 g/mol. The summed E-state index contributed by atoms with van der Waals surface area (Å²) in [5, 5.41) is 5.52. The summed E-state index contributed by atoms with van der Waals surface area (Å²) in [5.74, 6) is -0.595. The molecule has 5 rings (SSSR count). The third kappa shape index (κ3) is 4.16. The van der Waals surface area contributed by atoms with E-state index in [4.69, 9.17) is 15.2 Å². The van der Waals surface area contributed by atoms with E-state index in [0.29, 0.717) is 30.1 Å². The molecule has 2 aromatic rings. The van der Waals surface area contributed by atoms with Crippen LogP contribution in [0.2, 0.25) is 0 Å². The first-order chi connectivity index (χ1) is 18.0. The van der Waals surface area contributed by atoms with Crippen LogP contribution in [0.15, 0.2) is 41.4 Å². The van der Waals surface area contributed by atoms with Crippen molar-refractivity contribution in [2.75, 3.05) is 31.8 Å². The van der Waals surface area contributed by atoms with E-state index in [1.165, 1.54) is 18.3 Å². The fourth-order valence-corrected chi connectivity index (χ4v) is 6.59. The second-order valence-electron chi connectivity index (χ2n) is 10.9. The number of esters is 1. The second kappa shape index (κ2) is 9.43. The zero-order valence-electron chi connectivity index (χ0n) is 22.4. The van der Waals surface area contributed by atoms with E-state index in [1.54, 1.807) is 18.2 Å². The Kier molecular flexibility index (Phi) is 6.51. The van der Waals surface area contributed by atoms with Gasteiger partial charge in [0.15, 0.2) is 0 Å². The topological polar surface area (TPSA) is 105 Å². The molecular formula is C28H34N4O5S. The molecule has 3 aliphatic heterocycles. The normalized spacial score (nSPS) is 22.6. The number of rotatable bonds is 6.